The number of sulfonamides is 2. The summed E-state index contributed by atoms with van der Waals surface area (Å²) in [6.45, 7) is 1.53. The van der Waals surface area contributed by atoms with Crippen molar-refractivity contribution in [2.75, 3.05) is 17.6 Å². The molecule has 1 N–H and O–H groups in total. The lowest BCUT2D eigenvalue weighted by Crippen LogP contribution is -2.27. The topological polar surface area (TPSA) is 105 Å². The van der Waals surface area contributed by atoms with E-state index in [4.69, 9.17) is 4.74 Å². The van der Waals surface area contributed by atoms with E-state index < -0.39 is 31.9 Å². The lowest BCUT2D eigenvalue weighted by Gasteiger charge is -2.23. The van der Waals surface area contributed by atoms with Gasteiger partial charge in [0.15, 0.2) is 0 Å². The highest BCUT2D eigenvalue weighted by Crippen LogP contribution is 2.38. The molecule has 0 bridgehead atoms. The summed E-state index contributed by atoms with van der Waals surface area (Å²) in [5, 5.41) is 4.39. The predicted octanol–water partition coefficient (Wildman–Crippen LogP) is 4.14. The molecular formula is C24H24FN3O5S2. The fourth-order valence-corrected chi connectivity index (χ4v) is 5.76. The SMILES string of the molecule is CCS(=O)(=O)Nc1ccc(C2=NN(S(=O)(=O)c3ccc(OC)cc3)[C@@H](c3ccccc3F)C2)cc1. The summed E-state index contributed by atoms with van der Waals surface area (Å²) in [6.07, 6.45) is 0.135. The van der Waals surface area contributed by atoms with Crippen LogP contribution in [0.1, 0.15) is 30.5 Å². The summed E-state index contributed by atoms with van der Waals surface area (Å²) in [6, 6.07) is 17.4. The summed E-state index contributed by atoms with van der Waals surface area (Å²) in [5.74, 6) is -0.101. The van der Waals surface area contributed by atoms with Crippen LogP contribution in [0.2, 0.25) is 0 Å². The molecule has 11 heteroatoms. The van der Waals surface area contributed by atoms with E-state index in [1.54, 1.807) is 30.3 Å². The van der Waals surface area contributed by atoms with Crippen LogP contribution in [0.25, 0.3) is 0 Å². The molecule has 0 aromatic heterocycles. The third-order valence-corrected chi connectivity index (χ3v) is 8.62. The Morgan fingerprint density at radius 2 is 1.66 bits per heavy atom. The van der Waals surface area contributed by atoms with Crippen molar-refractivity contribution in [1.82, 2.24) is 4.41 Å². The zero-order valence-corrected chi connectivity index (χ0v) is 20.7. The largest absolute Gasteiger partial charge is 0.497 e. The van der Waals surface area contributed by atoms with Gasteiger partial charge in [-0.15, -0.1) is 0 Å². The number of hydrogen-bond acceptors (Lipinski definition) is 6. The number of hydrazone groups is 1. The van der Waals surface area contributed by atoms with Gasteiger partial charge in [-0.05, 0) is 55.0 Å². The summed E-state index contributed by atoms with van der Waals surface area (Å²) in [7, 11) is -6.08. The van der Waals surface area contributed by atoms with Gasteiger partial charge >= 0.3 is 0 Å². The molecule has 1 atom stereocenters. The van der Waals surface area contributed by atoms with Crippen LogP contribution in [0.5, 0.6) is 5.75 Å². The Kier molecular flexibility index (Phi) is 6.82. The molecule has 0 spiro atoms. The van der Waals surface area contributed by atoms with Gasteiger partial charge in [-0.3, -0.25) is 4.72 Å². The number of nitrogens with zero attached hydrogens (tertiary/aromatic N) is 2. The molecular weight excluding hydrogens is 493 g/mol. The number of rotatable bonds is 8. The van der Waals surface area contributed by atoms with E-state index >= 15 is 0 Å². The van der Waals surface area contributed by atoms with Crippen LogP contribution in [0, 0.1) is 5.82 Å². The minimum Gasteiger partial charge on any atom is -0.497 e. The number of ether oxygens (including phenoxy) is 1. The molecule has 0 radical (unpaired) electrons. The smallest absolute Gasteiger partial charge is 0.279 e. The average Bonchev–Trinajstić information content (AvgIpc) is 3.31. The van der Waals surface area contributed by atoms with Gasteiger partial charge in [0.25, 0.3) is 10.0 Å². The Hall–Kier alpha value is -3.44. The van der Waals surface area contributed by atoms with E-state index in [1.807, 2.05) is 0 Å². The van der Waals surface area contributed by atoms with Crippen LogP contribution >= 0.6 is 0 Å². The van der Waals surface area contributed by atoms with Crippen LogP contribution in [0.3, 0.4) is 0 Å². The Bertz CT molecular complexity index is 1460. The van der Waals surface area contributed by atoms with Gasteiger partial charge in [0.1, 0.15) is 11.6 Å². The Morgan fingerprint density at radius 1 is 1.00 bits per heavy atom. The van der Waals surface area contributed by atoms with Crippen LogP contribution in [0.4, 0.5) is 10.1 Å². The highest BCUT2D eigenvalue weighted by atomic mass is 32.2. The molecule has 1 heterocycles. The third-order valence-electron chi connectivity index (χ3n) is 5.61. The maximum absolute atomic E-state index is 14.7. The van der Waals surface area contributed by atoms with Gasteiger partial charge in [-0.2, -0.15) is 17.9 Å². The van der Waals surface area contributed by atoms with E-state index in [-0.39, 0.29) is 22.6 Å². The van der Waals surface area contributed by atoms with Crippen molar-refractivity contribution in [1.29, 1.82) is 0 Å². The number of methoxy groups -OCH3 is 1. The Balaban J connectivity index is 1.73. The van der Waals surface area contributed by atoms with Gasteiger partial charge in [0, 0.05) is 17.7 Å². The molecule has 1 aliphatic heterocycles. The van der Waals surface area contributed by atoms with Crippen LogP contribution in [-0.4, -0.2) is 39.8 Å². The van der Waals surface area contributed by atoms with Crippen LogP contribution in [0.15, 0.2) is 82.8 Å². The predicted molar refractivity (Wildman–Crippen MR) is 132 cm³/mol. The fourth-order valence-electron chi connectivity index (χ4n) is 3.70. The molecule has 4 rings (SSSR count). The van der Waals surface area contributed by atoms with Crippen molar-refractivity contribution in [2.24, 2.45) is 5.10 Å². The molecule has 1 aliphatic rings. The van der Waals surface area contributed by atoms with Gasteiger partial charge in [-0.1, -0.05) is 30.3 Å². The zero-order valence-electron chi connectivity index (χ0n) is 19.0. The fraction of sp³-hybridized carbons (Fsp3) is 0.208. The summed E-state index contributed by atoms with van der Waals surface area (Å²) >= 11 is 0. The molecule has 0 aliphatic carbocycles. The lowest BCUT2D eigenvalue weighted by molar-refractivity contribution is 0.362. The van der Waals surface area contributed by atoms with Gasteiger partial charge in [0.05, 0.1) is 29.5 Å². The number of hydrogen-bond donors (Lipinski definition) is 1. The summed E-state index contributed by atoms with van der Waals surface area (Å²) < 4.78 is 73.9. The first-order chi connectivity index (χ1) is 16.6. The first-order valence-electron chi connectivity index (χ1n) is 10.8. The van der Waals surface area contributed by atoms with E-state index in [2.05, 4.69) is 9.82 Å². The molecule has 0 saturated carbocycles. The van der Waals surface area contributed by atoms with Crippen LogP contribution in [-0.2, 0) is 20.0 Å². The van der Waals surface area contributed by atoms with Gasteiger partial charge in [0.2, 0.25) is 10.0 Å². The van der Waals surface area contributed by atoms with Crippen molar-refractivity contribution >= 4 is 31.4 Å². The Labute approximate surface area is 204 Å². The molecule has 0 amide bonds. The van der Waals surface area contributed by atoms with Crippen molar-refractivity contribution in [3.05, 3.63) is 89.7 Å². The van der Waals surface area contributed by atoms with E-state index in [1.165, 1.54) is 56.5 Å². The molecule has 8 nitrogen and oxygen atoms in total. The first-order valence-corrected chi connectivity index (χ1v) is 13.8. The second kappa shape index (κ2) is 9.67. The van der Waals surface area contributed by atoms with Gasteiger partial charge in [-0.25, -0.2) is 12.8 Å². The second-order valence-corrected chi connectivity index (χ2v) is 11.6. The van der Waals surface area contributed by atoms with Crippen molar-refractivity contribution in [2.45, 2.75) is 24.3 Å². The summed E-state index contributed by atoms with van der Waals surface area (Å²) in [5.41, 5.74) is 1.61. The monoisotopic (exact) mass is 517 g/mol. The molecule has 35 heavy (non-hydrogen) atoms. The quantitative estimate of drug-likeness (QED) is 0.484. The van der Waals surface area contributed by atoms with Crippen LogP contribution < -0.4 is 9.46 Å². The highest BCUT2D eigenvalue weighted by Gasteiger charge is 2.38. The number of halogens is 1. The molecule has 3 aromatic carbocycles. The normalized spacial score (nSPS) is 16.1. The van der Waals surface area contributed by atoms with E-state index in [9.17, 15) is 21.2 Å². The molecule has 3 aromatic rings. The van der Waals surface area contributed by atoms with Gasteiger partial charge < -0.3 is 4.74 Å². The molecule has 0 saturated heterocycles. The maximum atomic E-state index is 14.7. The lowest BCUT2D eigenvalue weighted by atomic mass is 9.99. The highest BCUT2D eigenvalue weighted by molar-refractivity contribution is 7.92. The minimum absolute atomic E-state index is 0.00559. The third kappa shape index (κ3) is 5.15. The second-order valence-electron chi connectivity index (χ2n) is 7.82. The molecule has 0 unspecified atom stereocenters. The van der Waals surface area contributed by atoms with Crippen molar-refractivity contribution in [3.63, 3.8) is 0 Å². The number of anilines is 1. The number of benzene rings is 3. The first kappa shape index (κ1) is 24.7. The zero-order chi connectivity index (χ0) is 25.2. The van der Waals surface area contributed by atoms with Crippen molar-refractivity contribution < 1.29 is 26.0 Å². The van der Waals surface area contributed by atoms with E-state index in [0.29, 0.717) is 22.7 Å². The number of nitrogens with one attached hydrogen (secondary N) is 1. The minimum atomic E-state index is -4.12. The standard InChI is InChI=1S/C24H24FN3O5S2/c1-3-34(29,30)27-18-10-8-17(9-11-18)23-16-24(21-6-4-5-7-22(21)25)28(26-23)35(31,32)20-14-12-19(33-2)13-15-20/h4-15,24,27H,3,16H2,1-2H3/t24-/m1/s1. The molecule has 0 fully saturated rings. The maximum Gasteiger partial charge on any atom is 0.279 e. The van der Waals surface area contributed by atoms with Crippen molar-refractivity contribution in [3.8, 4) is 5.75 Å². The summed E-state index contributed by atoms with van der Waals surface area (Å²) in [4.78, 5) is -0.00559. The average molecular weight is 518 g/mol. The van der Waals surface area contributed by atoms with E-state index in [0.717, 1.165) is 4.41 Å². The Morgan fingerprint density at radius 3 is 2.26 bits per heavy atom. The molecule has 184 valence electrons.